The molecule has 0 aliphatic heterocycles. The molecule has 1 aromatic heterocycles. The van der Waals surface area contributed by atoms with Gasteiger partial charge in [0, 0.05) is 24.8 Å². The lowest BCUT2D eigenvalue weighted by molar-refractivity contribution is 0.181. The number of imidazole rings is 1. The van der Waals surface area contributed by atoms with Gasteiger partial charge in [-0.05, 0) is 50.2 Å². The smallest absolute Gasteiger partial charge is 0.178 e. The molecule has 0 amide bonds. The molecule has 2 aromatic rings. The summed E-state index contributed by atoms with van der Waals surface area (Å²) in [7, 11) is 1.71. The van der Waals surface area contributed by atoms with Gasteiger partial charge in [0.05, 0.1) is 11.0 Å². The second-order valence-electron chi connectivity index (χ2n) is 4.50. The third kappa shape index (κ3) is 2.32. The topological polar surface area (TPSA) is 29.9 Å². The number of hydrogen-bond acceptors (Lipinski definition) is 2. The summed E-state index contributed by atoms with van der Waals surface area (Å²) in [5.74, 6) is 0. The van der Waals surface area contributed by atoms with E-state index in [4.69, 9.17) is 28.6 Å². The molecule has 0 spiro atoms. The number of fused-ring (bicyclic) bond motifs is 1. The predicted octanol–water partition coefficient (Wildman–Crippen LogP) is 4.26. The number of ether oxygens (including phenoxy) is 1. The molecule has 0 saturated carbocycles. The highest BCUT2D eigenvalue weighted by atomic mass is 35.5. The molecule has 0 radical (unpaired) electrons. The Balaban J connectivity index is 2.59. The highest BCUT2D eigenvalue weighted by molar-refractivity contribution is 7.71. The van der Waals surface area contributed by atoms with Gasteiger partial charge in [0.15, 0.2) is 4.77 Å². The molecule has 5 heteroatoms. The van der Waals surface area contributed by atoms with Gasteiger partial charge in [-0.25, -0.2) is 0 Å². The van der Waals surface area contributed by atoms with Crippen LogP contribution in [0.1, 0.15) is 24.9 Å². The van der Waals surface area contributed by atoms with Crippen molar-refractivity contribution in [3.05, 3.63) is 27.5 Å². The third-order valence-corrected chi connectivity index (χ3v) is 3.95. The Kier molecular flexibility index (Phi) is 4.10. The number of hydrogen-bond donors (Lipinski definition) is 1. The second-order valence-corrected chi connectivity index (χ2v) is 5.29. The molecule has 18 heavy (non-hydrogen) atoms. The molecule has 1 aromatic carbocycles. The van der Waals surface area contributed by atoms with E-state index in [2.05, 4.69) is 16.5 Å². The summed E-state index contributed by atoms with van der Waals surface area (Å²) < 4.78 is 8.00. The van der Waals surface area contributed by atoms with Crippen molar-refractivity contribution in [1.29, 1.82) is 0 Å². The number of halogens is 1. The summed E-state index contributed by atoms with van der Waals surface area (Å²) in [5, 5.41) is 0.768. The standard InChI is InChI=1S/C13H17ClN2OS/c1-8(6-7-17-3)16-12-9(2)10(14)4-5-11(12)15-13(16)18/h4-5,8H,6-7H2,1-3H3,(H,15,18). The van der Waals surface area contributed by atoms with Crippen LogP contribution in [0.2, 0.25) is 5.02 Å². The van der Waals surface area contributed by atoms with E-state index in [1.165, 1.54) is 0 Å². The Hall–Kier alpha value is -0.840. The van der Waals surface area contributed by atoms with E-state index in [1.807, 2.05) is 19.1 Å². The number of aromatic amines is 1. The van der Waals surface area contributed by atoms with Crippen LogP contribution in [0.3, 0.4) is 0 Å². The van der Waals surface area contributed by atoms with Crippen LogP contribution in [0.15, 0.2) is 12.1 Å². The van der Waals surface area contributed by atoms with E-state index in [9.17, 15) is 0 Å². The summed E-state index contributed by atoms with van der Waals surface area (Å²) >= 11 is 11.6. The first-order valence-corrected chi connectivity index (χ1v) is 6.73. The molecule has 0 aliphatic carbocycles. The van der Waals surface area contributed by atoms with E-state index in [0.717, 1.165) is 39.4 Å². The molecule has 0 bridgehead atoms. The summed E-state index contributed by atoms with van der Waals surface area (Å²) in [6.45, 7) is 4.88. The minimum absolute atomic E-state index is 0.281. The van der Waals surface area contributed by atoms with Crippen LogP contribution in [0.4, 0.5) is 0 Å². The number of nitrogens with zero attached hydrogens (tertiary/aromatic N) is 1. The molecule has 1 unspecified atom stereocenters. The maximum Gasteiger partial charge on any atom is 0.178 e. The van der Waals surface area contributed by atoms with Crippen LogP contribution in [0, 0.1) is 11.7 Å². The monoisotopic (exact) mass is 284 g/mol. The number of aromatic nitrogens is 2. The van der Waals surface area contributed by atoms with Crippen molar-refractivity contribution in [2.24, 2.45) is 0 Å². The highest BCUT2D eigenvalue weighted by Crippen LogP contribution is 2.28. The largest absolute Gasteiger partial charge is 0.385 e. The number of rotatable bonds is 4. The number of benzene rings is 1. The number of aryl methyl sites for hydroxylation is 1. The molecule has 1 heterocycles. The summed E-state index contributed by atoms with van der Waals surface area (Å²) in [6.07, 6.45) is 0.920. The van der Waals surface area contributed by atoms with Gasteiger partial charge in [0.1, 0.15) is 0 Å². The van der Waals surface area contributed by atoms with E-state index >= 15 is 0 Å². The molecule has 0 aliphatic rings. The first-order valence-electron chi connectivity index (χ1n) is 5.94. The summed E-state index contributed by atoms with van der Waals surface area (Å²) in [5.41, 5.74) is 3.19. The Morgan fingerprint density at radius 3 is 2.89 bits per heavy atom. The Labute approximate surface area is 117 Å². The van der Waals surface area contributed by atoms with Gasteiger partial charge in [0.25, 0.3) is 0 Å². The van der Waals surface area contributed by atoms with Crippen molar-refractivity contribution in [1.82, 2.24) is 9.55 Å². The molecule has 0 fully saturated rings. The quantitative estimate of drug-likeness (QED) is 0.850. The third-order valence-electron chi connectivity index (χ3n) is 3.25. The molecule has 3 nitrogen and oxygen atoms in total. The van der Waals surface area contributed by atoms with Crippen molar-refractivity contribution >= 4 is 34.9 Å². The number of methoxy groups -OCH3 is 1. The van der Waals surface area contributed by atoms with Crippen molar-refractivity contribution in [3.63, 3.8) is 0 Å². The SMILES string of the molecule is COCCC(C)n1c(=S)[nH]c2ccc(Cl)c(C)c21. The lowest BCUT2D eigenvalue weighted by atomic mass is 10.1. The molecule has 1 N–H and O–H groups in total. The van der Waals surface area contributed by atoms with Gasteiger partial charge in [-0.15, -0.1) is 0 Å². The van der Waals surface area contributed by atoms with Crippen molar-refractivity contribution in [2.75, 3.05) is 13.7 Å². The van der Waals surface area contributed by atoms with Gasteiger partial charge < -0.3 is 14.3 Å². The van der Waals surface area contributed by atoms with Gasteiger partial charge in [-0.1, -0.05) is 11.6 Å². The zero-order chi connectivity index (χ0) is 13.3. The summed E-state index contributed by atoms with van der Waals surface area (Å²) in [4.78, 5) is 3.23. The van der Waals surface area contributed by atoms with E-state index in [0.29, 0.717) is 0 Å². The molecule has 2 rings (SSSR count). The Morgan fingerprint density at radius 2 is 2.22 bits per heavy atom. The van der Waals surface area contributed by atoms with Crippen LogP contribution < -0.4 is 0 Å². The van der Waals surface area contributed by atoms with E-state index in [1.54, 1.807) is 7.11 Å². The first kappa shape index (κ1) is 13.6. The Morgan fingerprint density at radius 1 is 1.50 bits per heavy atom. The van der Waals surface area contributed by atoms with Crippen molar-refractivity contribution in [3.8, 4) is 0 Å². The average molecular weight is 285 g/mol. The van der Waals surface area contributed by atoms with Gasteiger partial charge >= 0.3 is 0 Å². The number of H-pyrrole nitrogens is 1. The fraction of sp³-hybridized carbons (Fsp3) is 0.462. The molecule has 0 saturated heterocycles. The fourth-order valence-electron chi connectivity index (χ4n) is 2.20. The minimum Gasteiger partial charge on any atom is -0.385 e. The van der Waals surface area contributed by atoms with Gasteiger partial charge in [-0.2, -0.15) is 0 Å². The van der Waals surface area contributed by atoms with E-state index < -0.39 is 0 Å². The van der Waals surface area contributed by atoms with Gasteiger partial charge in [0.2, 0.25) is 0 Å². The predicted molar refractivity (Wildman–Crippen MR) is 78.1 cm³/mol. The van der Waals surface area contributed by atoms with Crippen LogP contribution in [-0.4, -0.2) is 23.3 Å². The van der Waals surface area contributed by atoms with Crippen molar-refractivity contribution in [2.45, 2.75) is 26.3 Å². The Bertz CT molecular complexity index is 617. The van der Waals surface area contributed by atoms with Crippen LogP contribution in [0.5, 0.6) is 0 Å². The number of nitrogens with one attached hydrogen (secondary N) is 1. The zero-order valence-corrected chi connectivity index (χ0v) is 12.4. The average Bonchev–Trinajstić information content (AvgIpc) is 2.68. The van der Waals surface area contributed by atoms with Crippen molar-refractivity contribution < 1.29 is 4.74 Å². The zero-order valence-electron chi connectivity index (χ0n) is 10.8. The lowest BCUT2D eigenvalue weighted by Gasteiger charge is -2.15. The molecular weight excluding hydrogens is 268 g/mol. The molecular formula is C13H17ClN2OS. The van der Waals surface area contributed by atoms with Gasteiger partial charge in [-0.3, -0.25) is 0 Å². The van der Waals surface area contributed by atoms with Crippen LogP contribution in [0.25, 0.3) is 11.0 Å². The summed E-state index contributed by atoms with van der Waals surface area (Å²) in [6, 6.07) is 4.15. The highest BCUT2D eigenvalue weighted by Gasteiger charge is 2.14. The fourth-order valence-corrected chi connectivity index (χ4v) is 2.74. The molecule has 1 atom stereocenters. The van der Waals surface area contributed by atoms with E-state index in [-0.39, 0.29) is 6.04 Å². The first-order chi connectivity index (χ1) is 8.56. The second kappa shape index (κ2) is 5.43. The molecule has 98 valence electrons. The lowest BCUT2D eigenvalue weighted by Crippen LogP contribution is -2.08. The normalized spacial score (nSPS) is 13.1. The maximum atomic E-state index is 6.19. The van der Waals surface area contributed by atoms with Crippen LogP contribution >= 0.6 is 23.8 Å². The minimum atomic E-state index is 0.281. The maximum absolute atomic E-state index is 6.19. The van der Waals surface area contributed by atoms with Crippen LogP contribution in [-0.2, 0) is 4.74 Å².